The first kappa shape index (κ1) is 21.8. The molecule has 164 valence electrons. The van der Waals surface area contributed by atoms with Crippen LogP contribution in [0, 0.1) is 6.92 Å². The molecule has 0 aliphatic rings. The zero-order chi connectivity index (χ0) is 22.7. The van der Waals surface area contributed by atoms with Gasteiger partial charge in [0.05, 0.1) is 24.1 Å². The van der Waals surface area contributed by atoms with Crippen LogP contribution in [-0.4, -0.2) is 33.0 Å². The van der Waals surface area contributed by atoms with Gasteiger partial charge in [0.2, 0.25) is 5.91 Å². The first-order valence-electron chi connectivity index (χ1n) is 9.91. The van der Waals surface area contributed by atoms with Crippen LogP contribution in [0.1, 0.15) is 18.4 Å². The van der Waals surface area contributed by atoms with Gasteiger partial charge in [-0.05, 0) is 25.5 Å². The molecule has 8 nitrogen and oxygen atoms in total. The number of benzene rings is 1. The Morgan fingerprint density at radius 1 is 1.19 bits per heavy atom. The number of nitrogens with zero attached hydrogens (tertiary/aromatic N) is 3. The summed E-state index contributed by atoms with van der Waals surface area (Å²) >= 11 is 2.66. The molecule has 3 aromatic heterocycles. The van der Waals surface area contributed by atoms with Crippen molar-refractivity contribution in [3.05, 3.63) is 63.7 Å². The molecule has 1 aromatic carbocycles. The number of esters is 1. The van der Waals surface area contributed by atoms with Crippen molar-refractivity contribution >= 4 is 49.9 Å². The van der Waals surface area contributed by atoms with E-state index in [2.05, 4.69) is 15.3 Å². The third kappa shape index (κ3) is 4.76. The Labute approximate surface area is 191 Å². The van der Waals surface area contributed by atoms with Gasteiger partial charge in [0, 0.05) is 10.3 Å². The first-order chi connectivity index (χ1) is 15.4. The number of aryl methyl sites for hydroxylation is 1. The van der Waals surface area contributed by atoms with Crippen LogP contribution in [0.5, 0.6) is 0 Å². The van der Waals surface area contributed by atoms with Crippen LogP contribution in [0.15, 0.2) is 46.6 Å². The smallest absolute Gasteiger partial charge is 0.311 e. The number of thiophene rings is 1. The fraction of sp³-hybridized carbons (Fsp3) is 0.227. The molecule has 10 heteroatoms. The van der Waals surface area contributed by atoms with Gasteiger partial charge in [0.25, 0.3) is 5.56 Å². The highest BCUT2D eigenvalue weighted by Crippen LogP contribution is 2.30. The number of amides is 1. The molecule has 1 amide bonds. The molecule has 0 aliphatic heterocycles. The highest BCUT2D eigenvalue weighted by molar-refractivity contribution is 7.21. The van der Waals surface area contributed by atoms with E-state index < -0.39 is 5.91 Å². The summed E-state index contributed by atoms with van der Waals surface area (Å²) in [5.74, 6) is -0.309. The van der Waals surface area contributed by atoms with Crippen molar-refractivity contribution in [2.24, 2.45) is 0 Å². The number of carbonyl (C=O) groups excluding carboxylic acids is 2. The Morgan fingerprint density at radius 2 is 1.97 bits per heavy atom. The summed E-state index contributed by atoms with van der Waals surface area (Å²) in [4.78, 5) is 47.5. The normalized spacial score (nSPS) is 10.9. The van der Waals surface area contributed by atoms with Crippen LogP contribution in [-0.2, 0) is 27.3 Å². The van der Waals surface area contributed by atoms with E-state index in [-0.39, 0.29) is 24.5 Å². The monoisotopic (exact) mass is 468 g/mol. The maximum absolute atomic E-state index is 13.1. The first-order valence-corrected chi connectivity index (χ1v) is 11.6. The molecule has 4 aromatic rings. The van der Waals surface area contributed by atoms with Gasteiger partial charge < -0.3 is 10.1 Å². The van der Waals surface area contributed by atoms with Crippen molar-refractivity contribution in [2.75, 3.05) is 11.9 Å². The molecule has 0 atom stereocenters. The van der Waals surface area contributed by atoms with Gasteiger partial charge in [-0.25, -0.2) is 9.97 Å². The van der Waals surface area contributed by atoms with Crippen LogP contribution >= 0.6 is 22.7 Å². The number of hydrogen-bond donors (Lipinski definition) is 1. The van der Waals surface area contributed by atoms with Gasteiger partial charge in [-0.3, -0.25) is 19.0 Å². The summed E-state index contributed by atoms with van der Waals surface area (Å²) in [7, 11) is 0. The molecule has 4 rings (SSSR count). The lowest BCUT2D eigenvalue weighted by atomic mass is 10.2. The fourth-order valence-corrected chi connectivity index (χ4v) is 4.96. The number of fused-ring (bicyclic) bond motifs is 1. The van der Waals surface area contributed by atoms with Crippen LogP contribution < -0.4 is 10.9 Å². The minimum Gasteiger partial charge on any atom is -0.466 e. The van der Waals surface area contributed by atoms with E-state index in [1.807, 2.05) is 36.4 Å². The Bertz CT molecular complexity index is 1340. The zero-order valence-corrected chi connectivity index (χ0v) is 19.1. The summed E-state index contributed by atoms with van der Waals surface area (Å²) in [5, 5.41) is 5.21. The Hall–Kier alpha value is -3.37. The van der Waals surface area contributed by atoms with Gasteiger partial charge in [-0.15, -0.1) is 22.7 Å². The third-order valence-corrected chi connectivity index (χ3v) is 6.52. The van der Waals surface area contributed by atoms with E-state index in [1.165, 1.54) is 27.2 Å². The second-order valence-electron chi connectivity index (χ2n) is 6.92. The number of aromatic nitrogens is 3. The summed E-state index contributed by atoms with van der Waals surface area (Å²) in [6.07, 6.45) is 0.0429. The van der Waals surface area contributed by atoms with E-state index in [1.54, 1.807) is 19.2 Å². The van der Waals surface area contributed by atoms with Gasteiger partial charge in [-0.1, -0.05) is 30.3 Å². The summed E-state index contributed by atoms with van der Waals surface area (Å²) in [5.41, 5.74) is 1.27. The van der Waals surface area contributed by atoms with Crippen molar-refractivity contribution in [1.29, 1.82) is 0 Å². The van der Waals surface area contributed by atoms with Gasteiger partial charge in [0.15, 0.2) is 5.13 Å². The number of thiazole rings is 1. The molecule has 0 unspecified atom stereocenters. The van der Waals surface area contributed by atoms with E-state index in [9.17, 15) is 14.4 Å². The molecular weight excluding hydrogens is 448 g/mol. The molecule has 32 heavy (non-hydrogen) atoms. The lowest BCUT2D eigenvalue weighted by Gasteiger charge is -2.08. The van der Waals surface area contributed by atoms with E-state index >= 15 is 0 Å². The van der Waals surface area contributed by atoms with Crippen molar-refractivity contribution in [3.8, 4) is 10.4 Å². The maximum atomic E-state index is 13.1. The second-order valence-corrected chi connectivity index (χ2v) is 8.81. The average molecular weight is 469 g/mol. The van der Waals surface area contributed by atoms with Crippen molar-refractivity contribution in [1.82, 2.24) is 14.5 Å². The molecule has 3 heterocycles. The van der Waals surface area contributed by atoms with Crippen LogP contribution in [0.3, 0.4) is 0 Å². The largest absolute Gasteiger partial charge is 0.466 e. The number of hydrogen-bond acceptors (Lipinski definition) is 8. The lowest BCUT2D eigenvalue weighted by Crippen LogP contribution is -2.29. The van der Waals surface area contributed by atoms with E-state index in [0.29, 0.717) is 33.5 Å². The van der Waals surface area contributed by atoms with Gasteiger partial charge >= 0.3 is 5.97 Å². The maximum Gasteiger partial charge on any atom is 0.311 e. The molecule has 0 aliphatic carbocycles. The molecular formula is C22H20N4O4S2. The Kier molecular flexibility index (Phi) is 6.42. The lowest BCUT2D eigenvalue weighted by molar-refractivity contribution is -0.142. The van der Waals surface area contributed by atoms with Gasteiger partial charge in [0.1, 0.15) is 17.2 Å². The van der Waals surface area contributed by atoms with Crippen LogP contribution in [0.4, 0.5) is 5.13 Å². The topological polar surface area (TPSA) is 103 Å². The number of anilines is 1. The minimum atomic E-state index is -0.396. The van der Waals surface area contributed by atoms with Crippen molar-refractivity contribution in [2.45, 2.75) is 26.8 Å². The molecule has 0 saturated heterocycles. The Morgan fingerprint density at radius 3 is 2.72 bits per heavy atom. The van der Waals surface area contributed by atoms with Crippen LogP contribution in [0.2, 0.25) is 0 Å². The molecule has 0 spiro atoms. The van der Waals surface area contributed by atoms with E-state index in [4.69, 9.17) is 4.74 Å². The predicted molar refractivity (Wildman–Crippen MR) is 125 cm³/mol. The number of rotatable bonds is 7. The zero-order valence-electron chi connectivity index (χ0n) is 17.5. The predicted octanol–water partition coefficient (Wildman–Crippen LogP) is 3.63. The SMILES string of the molecule is CCOC(=O)Cc1csc(NC(=O)Cn2c(C)nc3sc(-c4ccccc4)cc3c2=O)n1. The second kappa shape index (κ2) is 9.41. The van der Waals surface area contributed by atoms with Gasteiger partial charge in [-0.2, -0.15) is 0 Å². The quantitative estimate of drug-likeness (QED) is 0.416. The van der Waals surface area contributed by atoms with Crippen molar-refractivity contribution < 1.29 is 14.3 Å². The fourth-order valence-electron chi connectivity index (χ4n) is 3.16. The summed E-state index contributed by atoms with van der Waals surface area (Å²) in [6, 6.07) is 11.6. The molecule has 0 radical (unpaired) electrons. The van der Waals surface area contributed by atoms with E-state index in [0.717, 1.165) is 10.4 Å². The molecule has 1 N–H and O–H groups in total. The third-order valence-electron chi connectivity index (χ3n) is 4.63. The standard InChI is InChI=1S/C22H20N4O4S2/c1-3-30-19(28)9-15-12-31-22(24-15)25-18(27)11-26-13(2)23-20-16(21(26)29)10-17(32-20)14-7-5-4-6-8-14/h4-8,10,12H,3,9,11H2,1-2H3,(H,24,25,27). The molecule has 0 bridgehead atoms. The molecule has 0 saturated carbocycles. The molecule has 0 fully saturated rings. The van der Waals surface area contributed by atoms with Crippen LogP contribution in [0.25, 0.3) is 20.7 Å². The summed E-state index contributed by atoms with van der Waals surface area (Å²) in [6.45, 7) is 3.56. The highest BCUT2D eigenvalue weighted by atomic mass is 32.1. The number of ether oxygens (including phenoxy) is 1. The van der Waals surface area contributed by atoms with Crippen molar-refractivity contribution in [3.63, 3.8) is 0 Å². The average Bonchev–Trinajstić information content (AvgIpc) is 3.39. The summed E-state index contributed by atoms with van der Waals surface area (Å²) < 4.78 is 6.25. The number of carbonyl (C=O) groups is 2. The highest BCUT2D eigenvalue weighted by Gasteiger charge is 2.16. The Balaban J connectivity index is 1.51. The number of nitrogens with one attached hydrogen (secondary N) is 1. The minimum absolute atomic E-state index is 0.0429.